The fourth-order valence-corrected chi connectivity index (χ4v) is 3.31. The predicted molar refractivity (Wildman–Crippen MR) is 97.2 cm³/mol. The third-order valence-corrected chi connectivity index (χ3v) is 4.48. The minimum absolute atomic E-state index is 0. The Labute approximate surface area is 142 Å². The Morgan fingerprint density at radius 1 is 1.00 bits per heavy atom. The van der Waals surface area contributed by atoms with Crippen molar-refractivity contribution in [1.82, 2.24) is 4.90 Å². The lowest BCUT2D eigenvalue weighted by Gasteiger charge is -2.35. The SMILES string of the molecule is Cl.Cl.Nc1cccc(CN2CCN(c3cccs3)CC2)c1. The molecule has 0 atom stereocenters. The largest absolute Gasteiger partial charge is 0.399 e. The first-order valence-electron chi connectivity index (χ1n) is 6.66. The molecule has 0 bridgehead atoms. The molecule has 3 nitrogen and oxygen atoms in total. The number of anilines is 2. The highest BCUT2D eigenvalue weighted by molar-refractivity contribution is 7.14. The summed E-state index contributed by atoms with van der Waals surface area (Å²) >= 11 is 1.83. The summed E-state index contributed by atoms with van der Waals surface area (Å²) < 4.78 is 0. The van der Waals surface area contributed by atoms with Crippen LogP contribution in [-0.2, 0) is 6.54 Å². The van der Waals surface area contributed by atoms with E-state index >= 15 is 0 Å². The molecule has 21 heavy (non-hydrogen) atoms. The van der Waals surface area contributed by atoms with Gasteiger partial charge in [-0.15, -0.1) is 36.2 Å². The van der Waals surface area contributed by atoms with Crippen LogP contribution < -0.4 is 10.6 Å². The Morgan fingerprint density at radius 3 is 2.38 bits per heavy atom. The summed E-state index contributed by atoms with van der Waals surface area (Å²) in [6.07, 6.45) is 0. The second kappa shape index (κ2) is 8.49. The van der Waals surface area contributed by atoms with Crippen molar-refractivity contribution >= 4 is 46.8 Å². The van der Waals surface area contributed by atoms with Gasteiger partial charge in [-0.25, -0.2) is 0 Å². The van der Waals surface area contributed by atoms with Crippen LogP contribution in [0.2, 0.25) is 0 Å². The van der Waals surface area contributed by atoms with E-state index in [1.54, 1.807) is 0 Å². The number of halogens is 2. The summed E-state index contributed by atoms with van der Waals surface area (Å²) in [4.78, 5) is 4.97. The van der Waals surface area contributed by atoms with Crippen molar-refractivity contribution in [2.24, 2.45) is 0 Å². The Morgan fingerprint density at radius 2 is 1.76 bits per heavy atom. The number of benzene rings is 1. The molecule has 0 unspecified atom stereocenters. The number of nitrogens with two attached hydrogens (primary N) is 1. The third kappa shape index (κ3) is 4.78. The summed E-state index contributed by atoms with van der Waals surface area (Å²) in [6.45, 7) is 5.47. The molecule has 0 spiro atoms. The Balaban J connectivity index is 0.00000110. The first-order chi connectivity index (χ1) is 9.31. The lowest BCUT2D eigenvalue weighted by Crippen LogP contribution is -2.45. The number of hydrogen-bond donors (Lipinski definition) is 1. The first-order valence-corrected chi connectivity index (χ1v) is 7.54. The molecule has 1 aliphatic rings. The monoisotopic (exact) mass is 345 g/mol. The number of nitrogens with zero attached hydrogens (tertiary/aromatic N) is 2. The average Bonchev–Trinajstić information content (AvgIpc) is 2.94. The van der Waals surface area contributed by atoms with Gasteiger partial charge >= 0.3 is 0 Å². The van der Waals surface area contributed by atoms with Crippen LogP contribution in [0.4, 0.5) is 10.7 Å². The number of piperazine rings is 1. The van der Waals surface area contributed by atoms with Crippen molar-refractivity contribution in [2.75, 3.05) is 36.8 Å². The number of nitrogen functional groups attached to an aromatic ring is 1. The molecule has 116 valence electrons. The summed E-state index contributed by atoms with van der Waals surface area (Å²) in [6, 6.07) is 12.5. The molecule has 1 fully saturated rings. The smallest absolute Gasteiger partial charge is 0.0909 e. The van der Waals surface area contributed by atoms with E-state index in [1.165, 1.54) is 10.6 Å². The molecule has 0 radical (unpaired) electrons. The summed E-state index contributed by atoms with van der Waals surface area (Å²) in [5.41, 5.74) is 7.99. The van der Waals surface area contributed by atoms with Crippen molar-refractivity contribution in [1.29, 1.82) is 0 Å². The van der Waals surface area contributed by atoms with Crippen LogP contribution in [0.25, 0.3) is 0 Å². The average molecular weight is 346 g/mol. The van der Waals surface area contributed by atoms with Crippen LogP contribution in [-0.4, -0.2) is 31.1 Å². The van der Waals surface area contributed by atoms with E-state index in [4.69, 9.17) is 5.73 Å². The molecule has 2 heterocycles. The van der Waals surface area contributed by atoms with E-state index in [2.05, 4.69) is 39.4 Å². The van der Waals surface area contributed by atoms with Gasteiger partial charge in [0.05, 0.1) is 5.00 Å². The minimum atomic E-state index is 0. The van der Waals surface area contributed by atoms with Gasteiger partial charge in [-0.1, -0.05) is 12.1 Å². The number of thiophene rings is 1. The van der Waals surface area contributed by atoms with Gasteiger partial charge in [-0.05, 0) is 35.2 Å². The normalized spacial score (nSPS) is 15.1. The predicted octanol–water partition coefficient (Wildman–Crippen LogP) is 3.50. The van der Waals surface area contributed by atoms with Crippen molar-refractivity contribution in [3.8, 4) is 0 Å². The zero-order valence-electron chi connectivity index (χ0n) is 11.8. The van der Waals surface area contributed by atoms with Crippen molar-refractivity contribution in [3.05, 3.63) is 47.3 Å². The van der Waals surface area contributed by atoms with Crippen LogP contribution in [0.3, 0.4) is 0 Å². The van der Waals surface area contributed by atoms with E-state index in [0.29, 0.717) is 0 Å². The van der Waals surface area contributed by atoms with Gasteiger partial charge in [0.25, 0.3) is 0 Å². The lowest BCUT2D eigenvalue weighted by molar-refractivity contribution is 0.250. The Bertz CT molecular complexity index is 525. The molecule has 6 heteroatoms. The molecular formula is C15H21Cl2N3S. The Hall–Kier alpha value is -0.940. The van der Waals surface area contributed by atoms with Crippen LogP contribution in [0.5, 0.6) is 0 Å². The van der Waals surface area contributed by atoms with E-state index in [9.17, 15) is 0 Å². The van der Waals surface area contributed by atoms with Gasteiger partial charge in [-0.2, -0.15) is 0 Å². The van der Waals surface area contributed by atoms with Crippen LogP contribution in [0, 0.1) is 0 Å². The molecule has 0 saturated carbocycles. The molecule has 1 aromatic carbocycles. The molecule has 2 aromatic rings. The van der Waals surface area contributed by atoms with Crippen LogP contribution in [0.15, 0.2) is 41.8 Å². The summed E-state index contributed by atoms with van der Waals surface area (Å²) in [7, 11) is 0. The van der Waals surface area contributed by atoms with Crippen LogP contribution >= 0.6 is 36.2 Å². The second-order valence-electron chi connectivity index (χ2n) is 4.96. The molecule has 1 aromatic heterocycles. The fourth-order valence-electron chi connectivity index (χ4n) is 2.53. The molecule has 0 amide bonds. The van der Waals surface area contributed by atoms with Crippen LogP contribution in [0.1, 0.15) is 5.56 Å². The molecular weight excluding hydrogens is 325 g/mol. The van der Waals surface area contributed by atoms with E-state index < -0.39 is 0 Å². The zero-order valence-corrected chi connectivity index (χ0v) is 14.2. The standard InChI is InChI=1S/C15H19N3S.2ClH/c16-14-4-1-3-13(11-14)12-17-6-8-18(9-7-17)15-5-2-10-19-15;;/h1-5,10-11H,6-9,12,16H2;2*1H. The topological polar surface area (TPSA) is 32.5 Å². The second-order valence-corrected chi connectivity index (χ2v) is 5.89. The molecule has 0 aliphatic carbocycles. The van der Waals surface area contributed by atoms with Gasteiger partial charge in [0, 0.05) is 38.4 Å². The van der Waals surface area contributed by atoms with E-state index in [0.717, 1.165) is 38.4 Å². The summed E-state index contributed by atoms with van der Waals surface area (Å²) in [5, 5.41) is 3.54. The number of rotatable bonds is 3. The summed E-state index contributed by atoms with van der Waals surface area (Å²) in [5.74, 6) is 0. The molecule has 1 aliphatic heterocycles. The van der Waals surface area contributed by atoms with Gasteiger partial charge in [0.15, 0.2) is 0 Å². The fraction of sp³-hybridized carbons (Fsp3) is 0.333. The molecule has 3 rings (SSSR count). The quantitative estimate of drug-likeness (QED) is 0.864. The van der Waals surface area contributed by atoms with Gasteiger partial charge in [0.2, 0.25) is 0 Å². The first kappa shape index (κ1) is 18.1. The maximum absolute atomic E-state index is 5.82. The highest BCUT2D eigenvalue weighted by atomic mass is 35.5. The van der Waals surface area contributed by atoms with Crippen molar-refractivity contribution in [2.45, 2.75) is 6.54 Å². The zero-order chi connectivity index (χ0) is 13.1. The third-order valence-electron chi connectivity index (χ3n) is 3.55. The lowest BCUT2D eigenvalue weighted by atomic mass is 10.2. The molecule has 2 N–H and O–H groups in total. The minimum Gasteiger partial charge on any atom is -0.399 e. The highest BCUT2D eigenvalue weighted by Crippen LogP contribution is 2.22. The van der Waals surface area contributed by atoms with Crippen molar-refractivity contribution < 1.29 is 0 Å². The van der Waals surface area contributed by atoms with Gasteiger partial charge in [-0.3, -0.25) is 4.90 Å². The van der Waals surface area contributed by atoms with E-state index in [1.807, 2.05) is 23.5 Å². The van der Waals surface area contributed by atoms with Gasteiger partial charge in [0.1, 0.15) is 0 Å². The highest BCUT2D eigenvalue weighted by Gasteiger charge is 2.17. The van der Waals surface area contributed by atoms with Gasteiger partial charge < -0.3 is 10.6 Å². The molecule has 1 saturated heterocycles. The van der Waals surface area contributed by atoms with E-state index in [-0.39, 0.29) is 24.8 Å². The Kier molecular flexibility index (Phi) is 7.32. The number of hydrogen-bond acceptors (Lipinski definition) is 4. The van der Waals surface area contributed by atoms with Crippen molar-refractivity contribution in [3.63, 3.8) is 0 Å². The maximum Gasteiger partial charge on any atom is 0.0909 e. The maximum atomic E-state index is 5.82.